The summed E-state index contributed by atoms with van der Waals surface area (Å²) >= 11 is 0. The predicted molar refractivity (Wildman–Crippen MR) is 111 cm³/mol. The van der Waals surface area contributed by atoms with Gasteiger partial charge in [-0.25, -0.2) is 18.7 Å². The van der Waals surface area contributed by atoms with Gasteiger partial charge in [-0.1, -0.05) is 18.2 Å². The number of anilines is 1. The molecule has 0 radical (unpaired) electrons. The number of H-pyrrole nitrogens is 1. The molecule has 0 amide bonds. The van der Waals surface area contributed by atoms with Crippen molar-refractivity contribution in [3.05, 3.63) is 42.0 Å². The van der Waals surface area contributed by atoms with Crippen molar-refractivity contribution in [2.75, 3.05) is 18.4 Å². The smallest absolute Gasteiger partial charge is 0.382 e. The molecule has 0 unspecified atom stereocenters. The summed E-state index contributed by atoms with van der Waals surface area (Å²) in [6.45, 7) is 1.85. The Morgan fingerprint density at radius 1 is 1.06 bits per heavy atom. The minimum atomic E-state index is -4.95. The first kappa shape index (κ1) is 22.2. The largest absolute Gasteiger partial charge is 0.417 e. The van der Waals surface area contributed by atoms with E-state index in [1.54, 1.807) is 24.3 Å². The van der Waals surface area contributed by atoms with Crippen LogP contribution in [0.5, 0.6) is 0 Å². The molecule has 1 aromatic heterocycles. The molecule has 0 bridgehead atoms. The molecule has 3 aromatic rings. The highest BCUT2D eigenvalue weighted by Gasteiger charge is 2.39. The number of hydrogen-bond acceptors (Lipinski definition) is 7. The number of rotatable bonds is 5. The molecule has 1 aliphatic heterocycles. The minimum Gasteiger partial charge on any atom is -0.382 e. The van der Waals surface area contributed by atoms with Crippen molar-refractivity contribution in [1.82, 2.24) is 25.9 Å². The van der Waals surface area contributed by atoms with Crippen LogP contribution >= 0.6 is 0 Å². The zero-order chi connectivity index (χ0) is 22.9. The van der Waals surface area contributed by atoms with Crippen LogP contribution in [-0.4, -0.2) is 48.2 Å². The Kier molecular flexibility index (Phi) is 5.88. The van der Waals surface area contributed by atoms with Crippen LogP contribution in [0.1, 0.15) is 18.4 Å². The van der Waals surface area contributed by atoms with Crippen molar-refractivity contribution in [2.45, 2.75) is 30.0 Å². The maximum absolute atomic E-state index is 13.6. The quantitative estimate of drug-likeness (QED) is 0.452. The summed E-state index contributed by atoms with van der Waals surface area (Å²) in [6.07, 6.45) is -3.01. The molecule has 170 valence electrons. The summed E-state index contributed by atoms with van der Waals surface area (Å²) in [7, 11) is -4.78. The first-order chi connectivity index (χ1) is 15.1. The molecule has 2 heterocycles. The number of aromatic nitrogens is 4. The molecule has 13 heteroatoms. The second kappa shape index (κ2) is 8.48. The topological polar surface area (TPSA) is 139 Å². The Bertz CT molecular complexity index is 1190. The van der Waals surface area contributed by atoms with Gasteiger partial charge < -0.3 is 10.6 Å². The predicted octanol–water partition coefficient (Wildman–Crippen LogP) is 2.36. The maximum atomic E-state index is 13.6. The van der Waals surface area contributed by atoms with E-state index in [9.17, 15) is 21.6 Å². The molecule has 0 aliphatic carbocycles. The van der Waals surface area contributed by atoms with Gasteiger partial charge in [-0.05, 0) is 65.7 Å². The lowest BCUT2D eigenvalue weighted by Gasteiger charge is -2.24. The van der Waals surface area contributed by atoms with Crippen molar-refractivity contribution in [1.29, 1.82) is 0 Å². The first-order valence-corrected chi connectivity index (χ1v) is 11.3. The molecule has 1 aliphatic rings. The number of halogens is 3. The molecule has 4 rings (SSSR count). The summed E-state index contributed by atoms with van der Waals surface area (Å²) in [5.74, 6) is -0.243. The average Bonchev–Trinajstić information content (AvgIpc) is 3.27. The van der Waals surface area contributed by atoms with Gasteiger partial charge in [-0.15, -0.1) is 5.10 Å². The van der Waals surface area contributed by atoms with Gasteiger partial charge in [0.05, 0.1) is 5.56 Å². The number of sulfonamides is 1. The highest BCUT2D eigenvalue weighted by molar-refractivity contribution is 7.89. The number of alkyl halides is 3. The molecule has 0 saturated carbocycles. The van der Waals surface area contributed by atoms with Gasteiger partial charge in [-0.3, -0.25) is 0 Å². The standard InChI is InChI=1S/C19H20F3N7O2S/c20-19(21,22)15-6-5-14(16(17(15)32(23,30)31)18-26-28-29-27-18)11-1-3-12(4-2-11)25-13-7-9-24-10-8-13/h1-6,13,24-25H,7-10H2,(H2,23,30,31)(H,26,27,28,29). The van der Waals surface area contributed by atoms with E-state index in [1.807, 2.05) is 0 Å². The molecule has 9 nitrogen and oxygen atoms in total. The number of aromatic amines is 1. The van der Waals surface area contributed by atoms with Crippen LogP contribution in [-0.2, 0) is 16.2 Å². The van der Waals surface area contributed by atoms with Crippen LogP contribution in [0.25, 0.3) is 22.5 Å². The van der Waals surface area contributed by atoms with Crippen LogP contribution < -0.4 is 15.8 Å². The van der Waals surface area contributed by atoms with E-state index in [4.69, 9.17) is 5.14 Å². The number of nitrogens with zero attached hydrogens (tertiary/aromatic N) is 3. The molecular weight excluding hydrogens is 447 g/mol. The summed E-state index contributed by atoms with van der Waals surface area (Å²) in [5, 5.41) is 24.7. The molecule has 1 fully saturated rings. The lowest BCUT2D eigenvalue weighted by atomic mass is 9.96. The molecule has 0 atom stereocenters. The normalized spacial score (nSPS) is 15.6. The zero-order valence-corrected chi connectivity index (χ0v) is 17.5. The minimum absolute atomic E-state index is 0.189. The molecule has 32 heavy (non-hydrogen) atoms. The molecule has 1 saturated heterocycles. The number of piperidine rings is 1. The highest BCUT2D eigenvalue weighted by atomic mass is 32.2. The van der Waals surface area contributed by atoms with Gasteiger partial charge in [0, 0.05) is 17.3 Å². The number of hydrogen-bond donors (Lipinski definition) is 4. The lowest BCUT2D eigenvalue weighted by Crippen LogP contribution is -2.35. The Morgan fingerprint density at radius 2 is 1.75 bits per heavy atom. The fraction of sp³-hybridized carbons (Fsp3) is 0.316. The van der Waals surface area contributed by atoms with Gasteiger partial charge in [-0.2, -0.15) is 13.2 Å². The maximum Gasteiger partial charge on any atom is 0.417 e. The van der Waals surface area contributed by atoms with E-state index in [0.29, 0.717) is 17.7 Å². The van der Waals surface area contributed by atoms with Crippen LogP contribution in [0.4, 0.5) is 18.9 Å². The molecular formula is C19H20F3N7O2S. The first-order valence-electron chi connectivity index (χ1n) is 9.73. The summed E-state index contributed by atoms with van der Waals surface area (Å²) in [5.41, 5.74) is -0.215. The number of nitrogens with two attached hydrogens (primary N) is 1. The summed E-state index contributed by atoms with van der Waals surface area (Å²) in [6, 6.07) is 9.15. The number of benzene rings is 2. The number of tetrazole rings is 1. The van der Waals surface area contributed by atoms with Gasteiger partial charge in [0.15, 0.2) is 5.82 Å². The third-order valence-electron chi connectivity index (χ3n) is 5.24. The van der Waals surface area contributed by atoms with E-state index in [-0.39, 0.29) is 17.0 Å². The average molecular weight is 467 g/mol. The van der Waals surface area contributed by atoms with E-state index in [1.165, 1.54) is 6.07 Å². The molecule has 2 aromatic carbocycles. The SMILES string of the molecule is NS(=O)(=O)c1c(C(F)(F)F)ccc(-c2ccc(NC3CCNCC3)cc2)c1-c1nnn[nH]1. The zero-order valence-electron chi connectivity index (χ0n) is 16.6. The lowest BCUT2D eigenvalue weighted by molar-refractivity contribution is -0.139. The van der Waals surface area contributed by atoms with Gasteiger partial charge in [0.25, 0.3) is 0 Å². The van der Waals surface area contributed by atoms with Crippen LogP contribution in [0.3, 0.4) is 0 Å². The third kappa shape index (κ3) is 4.59. The molecule has 0 spiro atoms. The van der Waals surface area contributed by atoms with Crippen LogP contribution in [0, 0.1) is 0 Å². The fourth-order valence-corrected chi connectivity index (χ4v) is 4.77. The third-order valence-corrected chi connectivity index (χ3v) is 6.23. The Labute approximate surface area is 181 Å². The van der Waals surface area contributed by atoms with Crippen molar-refractivity contribution in [3.8, 4) is 22.5 Å². The Morgan fingerprint density at radius 3 is 2.31 bits per heavy atom. The van der Waals surface area contributed by atoms with E-state index >= 15 is 0 Å². The van der Waals surface area contributed by atoms with Gasteiger partial charge in [0.2, 0.25) is 10.0 Å². The fourth-order valence-electron chi connectivity index (χ4n) is 3.79. The van der Waals surface area contributed by atoms with Gasteiger partial charge in [0.1, 0.15) is 4.90 Å². The monoisotopic (exact) mass is 467 g/mol. The summed E-state index contributed by atoms with van der Waals surface area (Å²) < 4.78 is 65.4. The number of primary sulfonamides is 1. The van der Waals surface area contributed by atoms with Crippen molar-refractivity contribution in [2.24, 2.45) is 5.14 Å². The van der Waals surface area contributed by atoms with Crippen molar-refractivity contribution < 1.29 is 21.6 Å². The van der Waals surface area contributed by atoms with E-state index in [2.05, 4.69) is 31.3 Å². The van der Waals surface area contributed by atoms with E-state index in [0.717, 1.165) is 31.6 Å². The van der Waals surface area contributed by atoms with Crippen molar-refractivity contribution in [3.63, 3.8) is 0 Å². The van der Waals surface area contributed by atoms with Crippen LogP contribution in [0.2, 0.25) is 0 Å². The second-order valence-electron chi connectivity index (χ2n) is 7.40. The number of nitrogens with one attached hydrogen (secondary N) is 3. The Balaban J connectivity index is 1.82. The van der Waals surface area contributed by atoms with E-state index < -0.39 is 26.7 Å². The highest BCUT2D eigenvalue weighted by Crippen LogP contribution is 2.42. The second-order valence-corrected chi connectivity index (χ2v) is 8.90. The van der Waals surface area contributed by atoms with Crippen LogP contribution in [0.15, 0.2) is 41.3 Å². The summed E-state index contributed by atoms with van der Waals surface area (Å²) in [4.78, 5) is -1.09. The van der Waals surface area contributed by atoms with Gasteiger partial charge >= 0.3 is 6.18 Å². The molecule has 5 N–H and O–H groups in total. The Hall–Kier alpha value is -3.03. The van der Waals surface area contributed by atoms with Crippen molar-refractivity contribution >= 4 is 15.7 Å².